The van der Waals surface area contributed by atoms with Crippen molar-refractivity contribution in [3.05, 3.63) is 59.4 Å². The van der Waals surface area contributed by atoms with E-state index in [0.29, 0.717) is 18.8 Å². The number of para-hydroxylation sites is 1. The van der Waals surface area contributed by atoms with Gasteiger partial charge in [-0.1, -0.05) is 18.2 Å². The molecule has 0 saturated heterocycles. The molecule has 1 aliphatic heterocycles. The van der Waals surface area contributed by atoms with E-state index in [1.165, 1.54) is 25.3 Å². The van der Waals surface area contributed by atoms with Crippen molar-refractivity contribution in [2.24, 2.45) is 0 Å². The summed E-state index contributed by atoms with van der Waals surface area (Å²) in [6, 6.07) is 11.5. The highest BCUT2D eigenvalue weighted by atomic mass is 19.1. The van der Waals surface area contributed by atoms with E-state index in [2.05, 4.69) is 0 Å². The molecule has 0 bridgehead atoms. The maximum Gasteiger partial charge on any atom is 0.174 e. The number of rotatable bonds is 3. The van der Waals surface area contributed by atoms with E-state index in [1.807, 2.05) is 24.3 Å². The number of benzene rings is 2. The minimum absolute atomic E-state index is 0.137. The highest BCUT2D eigenvalue weighted by Crippen LogP contribution is 2.37. The fourth-order valence-corrected chi connectivity index (χ4v) is 2.67. The van der Waals surface area contributed by atoms with Gasteiger partial charge in [-0.15, -0.1) is 0 Å². The molecule has 1 heterocycles. The molecule has 21 heavy (non-hydrogen) atoms. The van der Waals surface area contributed by atoms with Crippen molar-refractivity contribution in [3.63, 3.8) is 0 Å². The lowest BCUT2D eigenvalue weighted by molar-refractivity contribution is 0.0929. The summed E-state index contributed by atoms with van der Waals surface area (Å²) in [5, 5.41) is 0. The van der Waals surface area contributed by atoms with Crippen LogP contribution in [0, 0.1) is 5.82 Å². The first-order valence-electron chi connectivity index (χ1n) is 6.80. The molecule has 4 heteroatoms. The zero-order valence-electron chi connectivity index (χ0n) is 11.6. The van der Waals surface area contributed by atoms with Crippen LogP contribution in [0.4, 0.5) is 4.39 Å². The fourth-order valence-electron chi connectivity index (χ4n) is 2.67. The molecule has 0 radical (unpaired) electrons. The first-order valence-corrected chi connectivity index (χ1v) is 6.80. The van der Waals surface area contributed by atoms with Crippen molar-refractivity contribution in [1.82, 2.24) is 0 Å². The third-order valence-electron chi connectivity index (χ3n) is 3.70. The Labute approximate surface area is 122 Å². The number of carbonyl (C=O) groups excluding carboxylic acids is 1. The molecule has 0 aromatic heterocycles. The maximum atomic E-state index is 13.5. The molecule has 0 N–H and O–H groups in total. The summed E-state index contributed by atoms with van der Waals surface area (Å²) < 4.78 is 24.2. The second-order valence-electron chi connectivity index (χ2n) is 4.94. The lowest BCUT2D eigenvalue weighted by atomic mass is 9.86. The SMILES string of the molecule is COc1ccc(F)cc1C(=O)C1CCOc2ccccc21. The van der Waals surface area contributed by atoms with Crippen LogP contribution in [0.3, 0.4) is 0 Å². The van der Waals surface area contributed by atoms with Crippen LogP contribution in [0.5, 0.6) is 11.5 Å². The molecule has 0 fully saturated rings. The molecule has 1 unspecified atom stereocenters. The van der Waals surface area contributed by atoms with Gasteiger partial charge in [0.2, 0.25) is 0 Å². The topological polar surface area (TPSA) is 35.5 Å². The molecule has 2 aromatic rings. The molecule has 0 saturated carbocycles. The number of hydrogen-bond acceptors (Lipinski definition) is 3. The Kier molecular flexibility index (Phi) is 3.60. The van der Waals surface area contributed by atoms with E-state index in [-0.39, 0.29) is 17.3 Å². The Morgan fingerprint density at radius 3 is 2.90 bits per heavy atom. The van der Waals surface area contributed by atoms with Crippen LogP contribution in [0.25, 0.3) is 0 Å². The van der Waals surface area contributed by atoms with Gasteiger partial charge in [-0.3, -0.25) is 4.79 Å². The van der Waals surface area contributed by atoms with E-state index in [1.54, 1.807) is 0 Å². The number of ketones is 1. The summed E-state index contributed by atoms with van der Waals surface area (Å²) in [5.74, 6) is 0.204. The van der Waals surface area contributed by atoms with E-state index < -0.39 is 5.82 Å². The molecule has 0 spiro atoms. The smallest absolute Gasteiger partial charge is 0.174 e. The number of ether oxygens (including phenoxy) is 2. The lowest BCUT2D eigenvalue weighted by Crippen LogP contribution is -2.22. The average molecular weight is 286 g/mol. The number of methoxy groups -OCH3 is 1. The Balaban J connectivity index is 2.02. The van der Waals surface area contributed by atoms with E-state index in [0.717, 1.165) is 11.3 Å². The van der Waals surface area contributed by atoms with Crippen LogP contribution >= 0.6 is 0 Å². The lowest BCUT2D eigenvalue weighted by Gasteiger charge is -2.25. The van der Waals surface area contributed by atoms with Gasteiger partial charge in [-0.25, -0.2) is 4.39 Å². The van der Waals surface area contributed by atoms with E-state index >= 15 is 0 Å². The van der Waals surface area contributed by atoms with Crippen LogP contribution in [0.2, 0.25) is 0 Å². The predicted octanol–water partition coefficient (Wildman–Crippen LogP) is 3.58. The van der Waals surface area contributed by atoms with Gasteiger partial charge in [-0.2, -0.15) is 0 Å². The van der Waals surface area contributed by atoms with Crippen LogP contribution < -0.4 is 9.47 Å². The van der Waals surface area contributed by atoms with E-state index in [9.17, 15) is 9.18 Å². The van der Waals surface area contributed by atoms with Gasteiger partial charge in [0.25, 0.3) is 0 Å². The first-order chi connectivity index (χ1) is 10.2. The Hall–Kier alpha value is -2.36. The summed E-state index contributed by atoms with van der Waals surface area (Å²) >= 11 is 0. The molecule has 1 aliphatic rings. The third kappa shape index (κ3) is 2.49. The number of halogens is 1. The summed E-state index contributed by atoms with van der Waals surface area (Å²) in [5.41, 5.74) is 1.12. The Morgan fingerprint density at radius 1 is 1.29 bits per heavy atom. The summed E-state index contributed by atoms with van der Waals surface area (Å²) in [6.07, 6.45) is 0.579. The van der Waals surface area contributed by atoms with Crippen LogP contribution in [-0.4, -0.2) is 19.5 Å². The van der Waals surface area contributed by atoms with Crippen LogP contribution in [-0.2, 0) is 0 Å². The van der Waals surface area contributed by atoms with Gasteiger partial charge in [0, 0.05) is 5.56 Å². The normalized spacial score (nSPS) is 16.8. The zero-order chi connectivity index (χ0) is 14.8. The molecule has 1 atom stereocenters. The Bertz CT molecular complexity index is 681. The van der Waals surface area contributed by atoms with Crippen molar-refractivity contribution in [2.75, 3.05) is 13.7 Å². The molecular formula is C17H15FO3. The number of hydrogen-bond donors (Lipinski definition) is 0. The minimum atomic E-state index is -0.445. The van der Waals surface area contributed by atoms with Crippen molar-refractivity contribution >= 4 is 5.78 Å². The van der Waals surface area contributed by atoms with Gasteiger partial charge in [0.1, 0.15) is 17.3 Å². The second-order valence-corrected chi connectivity index (χ2v) is 4.94. The molecule has 0 aliphatic carbocycles. The van der Waals surface area contributed by atoms with Crippen molar-refractivity contribution in [1.29, 1.82) is 0 Å². The third-order valence-corrected chi connectivity index (χ3v) is 3.70. The second kappa shape index (κ2) is 5.56. The summed E-state index contributed by atoms with van der Waals surface area (Å²) in [6.45, 7) is 0.477. The summed E-state index contributed by atoms with van der Waals surface area (Å²) in [7, 11) is 1.47. The molecule has 3 nitrogen and oxygen atoms in total. The van der Waals surface area contributed by atoms with Gasteiger partial charge in [0.05, 0.1) is 25.2 Å². The Morgan fingerprint density at radius 2 is 2.10 bits per heavy atom. The first kappa shape index (κ1) is 13.6. The highest BCUT2D eigenvalue weighted by Gasteiger charge is 2.30. The van der Waals surface area contributed by atoms with Crippen molar-refractivity contribution in [2.45, 2.75) is 12.3 Å². The van der Waals surface area contributed by atoms with Crippen molar-refractivity contribution in [3.8, 4) is 11.5 Å². The van der Waals surface area contributed by atoms with Crippen LogP contribution in [0.15, 0.2) is 42.5 Å². The van der Waals surface area contributed by atoms with Gasteiger partial charge >= 0.3 is 0 Å². The summed E-state index contributed by atoms with van der Waals surface area (Å²) in [4.78, 5) is 12.8. The molecule has 108 valence electrons. The quantitative estimate of drug-likeness (QED) is 0.809. The monoisotopic (exact) mass is 286 g/mol. The maximum absolute atomic E-state index is 13.5. The minimum Gasteiger partial charge on any atom is -0.496 e. The largest absolute Gasteiger partial charge is 0.496 e. The van der Waals surface area contributed by atoms with Gasteiger partial charge in [0.15, 0.2) is 5.78 Å². The average Bonchev–Trinajstić information content (AvgIpc) is 2.53. The van der Waals surface area contributed by atoms with E-state index in [4.69, 9.17) is 9.47 Å². The van der Waals surface area contributed by atoms with Crippen LogP contribution in [0.1, 0.15) is 28.3 Å². The molecule has 0 amide bonds. The molecule has 2 aromatic carbocycles. The molecular weight excluding hydrogens is 271 g/mol. The zero-order valence-corrected chi connectivity index (χ0v) is 11.6. The predicted molar refractivity (Wildman–Crippen MR) is 76.6 cm³/mol. The van der Waals surface area contributed by atoms with Gasteiger partial charge in [-0.05, 0) is 30.7 Å². The highest BCUT2D eigenvalue weighted by molar-refractivity contribution is 6.03. The van der Waals surface area contributed by atoms with Crippen molar-refractivity contribution < 1.29 is 18.7 Å². The molecule has 3 rings (SSSR count). The number of fused-ring (bicyclic) bond motifs is 1. The fraction of sp³-hybridized carbons (Fsp3) is 0.235. The standard InChI is InChI=1S/C17H15FO3/c1-20-15-7-6-11(18)10-14(15)17(19)13-8-9-21-16-5-3-2-4-12(13)16/h2-7,10,13H,8-9H2,1H3. The number of carbonyl (C=O) groups is 1. The number of Topliss-reactive ketones (excluding diaryl/α,β-unsaturated/α-hetero) is 1. The van der Waals surface area contributed by atoms with Gasteiger partial charge < -0.3 is 9.47 Å².